The number of ether oxygens (including phenoxy) is 1. The number of benzene rings is 3. The summed E-state index contributed by atoms with van der Waals surface area (Å²) in [5, 5.41) is 38.7. The molecule has 8 nitrogen and oxygen atoms in total. The van der Waals surface area contributed by atoms with Gasteiger partial charge in [-0.2, -0.15) is 0 Å². The van der Waals surface area contributed by atoms with E-state index in [0.29, 0.717) is 11.1 Å². The minimum Gasteiger partial charge on any atom is -0.504 e. The highest BCUT2D eigenvalue weighted by Gasteiger charge is 2.30. The zero-order valence-electron chi connectivity index (χ0n) is 18.6. The van der Waals surface area contributed by atoms with Crippen LogP contribution in [0.25, 0.3) is 12.2 Å². The maximum atomic E-state index is 13.2. The molecule has 0 saturated carbocycles. The number of hydrogen-bond acceptors (Lipinski definition) is 7. The van der Waals surface area contributed by atoms with E-state index in [-0.39, 0.29) is 59.6 Å². The number of nitrogens with zero attached hydrogens (tertiary/aromatic N) is 1. The molecule has 178 valence electrons. The molecular weight excluding hydrogens is 450 g/mol. The van der Waals surface area contributed by atoms with Gasteiger partial charge >= 0.3 is 6.09 Å². The molecule has 0 radical (unpaired) electrons. The molecular formula is C27H23NO7. The monoisotopic (exact) mass is 473 g/mol. The molecule has 0 bridgehead atoms. The molecule has 0 atom stereocenters. The number of aromatic hydroxyl groups is 4. The van der Waals surface area contributed by atoms with Crippen LogP contribution < -0.4 is 0 Å². The van der Waals surface area contributed by atoms with Gasteiger partial charge in [-0.3, -0.25) is 9.69 Å². The molecule has 1 fully saturated rings. The van der Waals surface area contributed by atoms with E-state index in [1.54, 1.807) is 0 Å². The predicted molar refractivity (Wildman–Crippen MR) is 129 cm³/mol. The summed E-state index contributed by atoms with van der Waals surface area (Å²) in [4.78, 5) is 27.5. The van der Waals surface area contributed by atoms with Crippen molar-refractivity contribution in [1.82, 2.24) is 4.90 Å². The van der Waals surface area contributed by atoms with Crippen LogP contribution >= 0.6 is 0 Å². The van der Waals surface area contributed by atoms with Gasteiger partial charge in [-0.05, 0) is 53.1 Å². The number of carbonyl (C=O) groups is 2. The topological polar surface area (TPSA) is 128 Å². The Morgan fingerprint density at radius 3 is 1.77 bits per heavy atom. The number of carbonyl (C=O) groups excluding carboxylic acids is 2. The summed E-state index contributed by atoms with van der Waals surface area (Å²) in [7, 11) is 0. The maximum Gasteiger partial charge on any atom is 0.410 e. The van der Waals surface area contributed by atoms with E-state index in [9.17, 15) is 30.0 Å². The lowest BCUT2D eigenvalue weighted by Crippen LogP contribution is -2.41. The van der Waals surface area contributed by atoms with E-state index < -0.39 is 6.09 Å². The number of phenolic OH excluding ortho intramolecular Hbond substituents is 4. The highest BCUT2D eigenvalue weighted by molar-refractivity contribution is 6.15. The van der Waals surface area contributed by atoms with E-state index in [1.165, 1.54) is 53.5 Å². The van der Waals surface area contributed by atoms with Crippen LogP contribution in [0.15, 0.2) is 77.9 Å². The highest BCUT2D eigenvalue weighted by Crippen LogP contribution is 2.30. The van der Waals surface area contributed by atoms with Crippen molar-refractivity contribution < 1.29 is 34.8 Å². The molecule has 1 saturated heterocycles. The number of rotatable bonds is 4. The summed E-state index contributed by atoms with van der Waals surface area (Å²) < 4.78 is 5.44. The highest BCUT2D eigenvalue weighted by atomic mass is 16.6. The number of Topliss-reactive ketones (excluding diaryl/α,β-unsaturated/α-hetero) is 1. The Bertz CT molecular complexity index is 1260. The smallest absolute Gasteiger partial charge is 0.410 e. The van der Waals surface area contributed by atoms with Gasteiger partial charge in [0.05, 0.1) is 13.1 Å². The van der Waals surface area contributed by atoms with Crippen LogP contribution in [0.2, 0.25) is 0 Å². The molecule has 35 heavy (non-hydrogen) atoms. The van der Waals surface area contributed by atoms with Crippen molar-refractivity contribution in [3.8, 4) is 23.0 Å². The molecule has 1 aliphatic rings. The van der Waals surface area contributed by atoms with Crippen LogP contribution in [-0.2, 0) is 16.1 Å². The first-order chi connectivity index (χ1) is 16.8. The summed E-state index contributed by atoms with van der Waals surface area (Å²) in [5.41, 5.74) is 2.29. The number of ketones is 1. The quantitative estimate of drug-likeness (QED) is 0.330. The van der Waals surface area contributed by atoms with Crippen LogP contribution in [0.3, 0.4) is 0 Å². The fourth-order valence-corrected chi connectivity index (χ4v) is 3.64. The Hall–Kier alpha value is -4.72. The van der Waals surface area contributed by atoms with Crippen molar-refractivity contribution in [3.63, 3.8) is 0 Å². The average Bonchev–Trinajstić information content (AvgIpc) is 2.85. The molecule has 0 spiro atoms. The van der Waals surface area contributed by atoms with Gasteiger partial charge in [-0.25, -0.2) is 4.79 Å². The van der Waals surface area contributed by atoms with Gasteiger partial charge in [0.2, 0.25) is 0 Å². The molecule has 4 rings (SSSR count). The van der Waals surface area contributed by atoms with Crippen LogP contribution in [0.4, 0.5) is 4.79 Å². The molecule has 3 aromatic rings. The van der Waals surface area contributed by atoms with E-state index in [1.807, 2.05) is 30.3 Å². The van der Waals surface area contributed by atoms with Crippen molar-refractivity contribution in [2.75, 3.05) is 13.1 Å². The molecule has 1 heterocycles. The first-order valence-electron chi connectivity index (χ1n) is 10.8. The van der Waals surface area contributed by atoms with Gasteiger partial charge in [-0.15, -0.1) is 0 Å². The van der Waals surface area contributed by atoms with E-state index >= 15 is 0 Å². The third kappa shape index (κ3) is 5.62. The third-order valence-corrected chi connectivity index (χ3v) is 5.45. The van der Waals surface area contributed by atoms with E-state index in [2.05, 4.69) is 0 Å². The molecule has 0 aromatic heterocycles. The van der Waals surface area contributed by atoms with Crippen LogP contribution in [0.5, 0.6) is 23.0 Å². The molecule has 3 aromatic carbocycles. The normalized spacial score (nSPS) is 16.0. The van der Waals surface area contributed by atoms with Crippen LogP contribution in [0.1, 0.15) is 16.7 Å². The van der Waals surface area contributed by atoms with Crippen LogP contribution in [-0.4, -0.2) is 50.3 Å². The zero-order chi connectivity index (χ0) is 24.9. The summed E-state index contributed by atoms with van der Waals surface area (Å²) >= 11 is 0. The summed E-state index contributed by atoms with van der Waals surface area (Å²) in [6.07, 6.45) is 2.45. The Labute approximate surface area is 201 Å². The Balaban J connectivity index is 1.64. The molecule has 8 heteroatoms. The predicted octanol–water partition coefficient (Wildman–Crippen LogP) is 4.20. The fraction of sp³-hybridized carbons (Fsp3) is 0.111. The third-order valence-electron chi connectivity index (χ3n) is 5.45. The molecule has 1 amide bonds. The van der Waals surface area contributed by atoms with Crippen molar-refractivity contribution in [2.45, 2.75) is 6.61 Å². The van der Waals surface area contributed by atoms with Gasteiger partial charge in [0.25, 0.3) is 0 Å². The van der Waals surface area contributed by atoms with Crippen molar-refractivity contribution in [1.29, 1.82) is 0 Å². The van der Waals surface area contributed by atoms with Gasteiger partial charge in [0.15, 0.2) is 28.8 Å². The summed E-state index contributed by atoms with van der Waals surface area (Å²) in [6, 6.07) is 17.5. The summed E-state index contributed by atoms with van der Waals surface area (Å²) in [5.74, 6) is -1.58. The second kappa shape index (κ2) is 10.0. The summed E-state index contributed by atoms with van der Waals surface area (Å²) in [6.45, 7) is 0.0262. The first-order valence-corrected chi connectivity index (χ1v) is 10.8. The number of amides is 1. The maximum absolute atomic E-state index is 13.2. The number of hydrogen-bond donors (Lipinski definition) is 4. The minimum absolute atomic E-state index is 0.0216. The average molecular weight is 473 g/mol. The Morgan fingerprint density at radius 1 is 0.771 bits per heavy atom. The lowest BCUT2D eigenvalue weighted by atomic mass is 9.94. The Morgan fingerprint density at radius 2 is 1.29 bits per heavy atom. The second-order valence-electron chi connectivity index (χ2n) is 8.06. The minimum atomic E-state index is -0.611. The molecule has 0 aliphatic carbocycles. The lowest BCUT2D eigenvalue weighted by Gasteiger charge is -2.29. The molecule has 0 unspecified atom stereocenters. The Kier molecular flexibility index (Phi) is 6.73. The lowest BCUT2D eigenvalue weighted by molar-refractivity contribution is -0.113. The van der Waals surface area contributed by atoms with Crippen molar-refractivity contribution in [2.24, 2.45) is 0 Å². The fourth-order valence-electron chi connectivity index (χ4n) is 3.64. The molecule has 4 N–H and O–H groups in total. The first kappa shape index (κ1) is 23.4. The zero-order valence-corrected chi connectivity index (χ0v) is 18.6. The standard InChI is InChI=1S/C27H23NO7/c29-22-8-6-18(12-24(22)31)10-20-14-28(27(34)35-16-17-4-2-1-3-5-17)15-21(26(20)33)11-19-7-9-23(30)25(32)13-19/h1-13,29-32H,14-16H2/b20-10+,21-11+. The number of piperidine rings is 1. The van der Waals surface area contributed by atoms with E-state index in [0.717, 1.165) is 5.56 Å². The van der Waals surface area contributed by atoms with Gasteiger partial charge in [0, 0.05) is 11.1 Å². The number of likely N-dealkylation sites (tertiary alicyclic amines) is 1. The SMILES string of the molecule is O=C1/C(=C/c2ccc(O)c(O)c2)CN(C(=O)OCc2ccccc2)C/C1=C\c1ccc(O)c(O)c1. The van der Waals surface area contributed by atoms with E-state index in [4.69, 9.17) is 4.74 Å². The largest absolute Gasteiger partial charge is 0.504 e. The molecule has 1 aliphatic heterocycles. The second-order valence-corrected chi connectivity index (χ2v) is 8.06. The van der Waals surface area contributed by atoms with Gasteiger partial charge in [-0.1, -0.05) is 42.5 Å². The van der Waals surface area contributed by atoms with Gasteiger partial charge in [0.1, 0.15) is 6.61 Å². The van der Waals surface area contributed by atoms with Crippen molar-refractivity contribution in [3.05, 3.63) is 94.6 Å². The van der Waals surface area contributed by atoms with Gasteiger partial charge < -0.3 is 25.2 Å². The van der Waals surface area contributed by atoms with Crippen LogP contribution in [0, 0.1) is 0 Å². The number of phenols is 4. The van der Waals surface area contributed by atoms with Crippen molar-refractivity contribution >= 4 is 24.0 Å².